The smallest absolute Gasteiger partial charge is 0.260 e. The first-order valence-corrected chi connectivity index (χ1v) is 6.66. The summed E-state index contributed by atoms with van der Waals surface area (Å²) < 4.78 is 5.48. The van der Waals surface area contributed by atoms with Crippen molar-refractivity contribution in [2.24, 2.45) is 0 Å². The Labute approximate surface area is 113 Å². The molecule has 0 heterocycles. The summed E-state index contributed by atoms with van der Waals surface area (Å²) in [4.78, 5) is 14.0. The second-order valence-corrected chi connectivity index (χ2v) is 5.25. The highest BCUT2D eigenvalue weighted by Crippen LogP contribution is 2.29. The van der Waals surface area contributed by atoms with E-state index in [-0.39, 0.29) is 18.6 Å². The lowest BCUT2D eigenvalue weighted by molar-refractivity contribution is -0.135. The molecule has 0 spiro atoms. The van der Waals surface area contributed by atoms with Crippen molar-refractivity contribution in [1.29, 1.82) is 0 Å². The van der Waals surface area contributed by atoms with Crippen LogP contribution < -0.4 is 4.74 Å². The number of hydrogen-bond acceptors (Lipinski definition) is 2. The van der Waals surface area contributed by atoms with Crippen molar-refractivity contribution in [2.45, 2.75) is 38.8 Å². The Morgan fingerprint density at radius 2 is 2.11 bits per heavy atom. The van der Waals surface area contributed by atoms with Gasteiger partial charge in [-0.25, -0.2) is 0 Å². The Bertz CT molecular complexity index is 428. The quantitative estimate of drug-likeness (QED) is 0.820. The van der Waals surface area contributed by atoms with Crippen LogP contribution in [0.3, 0.4) is 0 Å². The summed E-state index contributed by atoms with van der Waals surface area (Å²) >= 11 is 5.97. The van der Waals surface area contributed by atoms with E-state index in [4.69, 9.17) is 16.3 Å². The zero-order chi connectivity index (χ0) is 13.1. The van der Waals surface area contributed by atoms with Crippen molar-refractivity contribution in [1.82, 2.24) is 4.90 Å². The van der Waals surface area contributed by atoms with Gasteiger partial charge in [0.1, 0.15) is 5.75 Å². The third-order valence-corrected chi connectivity index (χ3v) is 3.28. The molecule has 0 unspecified atom stereocenters. The fraction of sp³-hybridized carbons (Fsp3) is 0.500. The van der Waals surface area contributed by atoms with Crippen molar-refractivity contribution in [3.05, 3.63) is 29.3 Å². The molecule has 0 saturated heterocycles. The first kappa shape index (κ1) is 13.2. The Balaban J connectivity index is 1.93. The van der Waals surface area contributed by atoms with Crippen LogP contribution in [0.4, 0.5) is 0 Å². The summed E-state index contributed by atoms with van der Waals surface area (Å²) in [5.41, 5.74) is 0. The van der Waals surface area contributed by atoms with Crippen LogP contribution in [0.2, 0.25) is 5.02 Å². The zero-order valence-electron chi connectivity index (χ0n) is 10.7. The van der Waals surface area contributed by atoms with E-state index in [1.54, 1.807) is 12.1 Å². The number of rotatable bonds is 5. The third kappa shape index (κ3) is 3.16. The van der Waals surface area contributed by atoms with Crippen LogP contribution in [0.25, 0.3) is 0 Å². The highest BCUT2D eigenvalue weighted by atomic mass is 35.5. The maximum Gasteiger partial charge on any atom is 0.260 e. The molecule has 1 fully saturated rings. The maximum atomic E-state index is 12.1. The fourth-order valence-corrected chi connectivity index (χ4v) is 2.23. The average Bonchev–Trinajstić information content (AvgIpc) is 3.12. The molecule has 1 amide bonds. The van der Waals surface area contributed by atoms with E-state index in [2.05, 4.69) is 0 Å². The minimum Gasteiger partial charge on any atom is -0.482 e. The lowest BCUT2D eigenvalue weighted by atomic mass is 10.3. The van der Waals surface area contributed by atoms with Crippen LogP contribution in [-0.2, 0) is 4.79 Å². The van der Waals surface area contributed by atoms with Crippen molar-refractivity contribution < 1.29 is 9.53 Å². The van der Waals surface area contributed by atoms with Gasteiger partial charge in [0.2, 0.25) is 0 Å². The molecule has 0 bridgehead atoms. The second-order valence-electron chi connectivity index (χ2n) is 4.85. The minimum absolute atomic E-state index is 0.0346. The van der Waals surface area contributed by atoms with Gasteiger partial charge in [0.05, 0.1) is 5.02 Å². The van der Waals surface area contributed by atoms with E-state index in [9.17, 15) is 4.79 Å². The molecule has 2 rings (SSSR count). The SMILES string of the molecule is CC(C)N(C(=O)COc1ccccc1Cl)C1CC1. The van der Waals surface area contributed by atoms with Gasteiger partial charge >= 0.3 is 0 Å². The van der Waals surface area contributed by atoms with Gasteiger partial charge in [-0.3, -0.25) is 4.79 Å². The van der Waals surface area contributed by atoms with E-state index in [0.29, 0.717) is 16.8 Å². The monoisotopic (exact) mass is 267 g/mol. The molecule has 4 heteroatoms. The summed E-state index contributed by atoms with van der Waals surface area (Å²) in [6, 6.07) is 7.83. The Hall–Kier alpha value is -1.22. The van der Waals surface area contributed by atoms with Crippen LogP contribution in [0, 0.1) is 0 Å². The number of ether oxygens (including phenoxy) is 1. The number of nitrogens with zero attached hydrogens (tertiary/aromatic N) is 1. The lowest BCUT2D eigenvalue weighted by Crippen LogP contribution is -2.41. The number of halogens is 1. The standard InChI is InChI=1S/C14H18ClNO2/c1-10(2)16(11-7-8-11)14(17)9-18-13-6-4-3-5-12(13)15/h3-6,10-11H,7-9H2,1-2H3. The molecule has 18 heavy (non-hydrogen) atoms. The highest BCUT2D eigenvalue weighted by Gasteiger charge is 2.34. The fourth-order valence-electron chi connectivity index (χ4n) is 2.04. The Morgan fingerprint density at radius 1 is 1.44 bits per heavy atom. The first-order chi connectivity index (χ1) is 8.59. The lowest BCUT2D eigenvalue weighted by Gasteiger charge is -2.26. The average molecular weight is 268 g/mol. The van der Waals surface area contributed by atoms with E-state index in [0.717, 1.165) is 12.8 Å². The number of benzene rings is 1. The molecule has 3 nitrogen and oxygen atoms in total. The van der Waals surface area contributed by atoms with Crippen LogP contribution in [0.5, 0.6) is 5.75 Å². The highest BCUT2D eigenvalue weighted by molar-refractivity contribution is 6.32. The summed E-state index contributed by atoms with van der Waals surface area (Å²) in [6.07, 6.45) is 2.21. The summed E-state index contributed by atoms with van der Waals surface area (Å²) in [7, 11) is 0. The molecular formula is C14H18ClNO2. The Kier molecular flexibility index (Phi) is 4.12. The molecule has 0 aliphatic heterocycles. The molecule has 0 aromatic heterocycles. The topological polar surface area (TPSA) is 29.5 Å². The minimum atomic E-state index is 0.0346. The number of carbonyl (C=O) groups is 1. The molecule has 0 N–H and O–H groups in total. The molecule has 1 saturated carbocycles. The van der Waals surface area contributed by atoms with Crippen LogP contribution in [0.1, 0.15) is 26.7 Å². The number of carbonyl (C=O) groups excluding carboxylic acids is 1. The van der Waals surface area contributed by atoms with Gasteiger partial charge in [0.25, 0.3) is 5.91 Å². The van der Waals surface area contributed by atoms with Crippen molar-refractivity contribution in [3.8, 4) is 5.75 Å². The molecule has 1 aliphatic rings. The zero-order valence-corrected chi connectivity index (χ0v) is 11.5. The van der Waals surface area contributed by atoms with Gasteiger partial charge < -0.3 is 9.64 Å². The van der Waals surface area contributed by atoms with Gasteiger partial charge in [-0.15, -0.1) is 0 Å². The van der Waals surface area contributed by atoms with Gasteiger partial charge in [-0.2, -0.15) is 0 Å². The van der Waals surface area contributed by atoms with Gasteiger partial charge in [-0.1, -0.05) is 23.7 Å². The molecule has 0 atom stereocenters. The van der Waals surface area contributed by atoms with Gasteiger partial charge in [0, 0.05) is 12.1 Å². The Morgan fingerprint density at radius 3 is 2.67 bits per heavy atom. The predicted molar refractivity (Wildman–Crippen MR) is 72.0 cm³/mol. The van der Waals surface area contributed by atoms with Crippen LogP contribution in [0.15, 0.2) is 24.3 Å². The second kappa shape index (κ2) is 5.61. The summed E-state index contributed by atoms with van der Waals surface area (Å²) in [5.74, 6) is 0.597. The molecule has 1 aromatic rings. The molecular weight excluding hydrogens is 250 g/mol. The van der Waals surface area contributed by atoms with E-state index < -0.39 is 0 Å². The maximum absolute atomic E-state index is 12.1. The number of para-hydroxylation sites is 1. The normalized spacial score (nSPS) is 14.7. The molecule has 1 aromatic carbocycles. The molecule has 0 radical (unpaired) electrons. The predicted octanol–water partition coefficient (Wildman–Crippen LogP) is 3.12. The van der Waals surface area contributed by atoms with Crippen molar-refractivity contribution in [3.63, 3.8) is 0 Å². The van der Waals surface area contributed by atoms with Crippen LogP contribution >= 0.6 is 11.6 Å². The largest absolute Gasteiger partial charge is 0.482 e. The van der Waals surface area contributed by atoms with E-state index >= 15 is 0 Å². The van der Waals surface area contributed by atoms with E-state index in [1.807, 2.05) is 30.9 Å². The number of amides is 1. The summed E-state index contributed by atoms with van der Waals surface area (Å²) in [6.45, 7) is 4.12. The third-order valence-electron chi connectivity index (χ3n) is 2.97. The molecule has 1 aliphatic carbocycles. The first-order valence-electron chi connectivity index (χ1n) is 6.28. The van der Waals surface area contributed by atoms with Crippen LogP contribution in [-0.4, -0.2) is 29.5 Å². The van der Waals surface area contributed by atoms with Gasteiger partial charge in [-0.05, 0) is 38.8 Å². The van der Waals surface area contributed by atoms with Gasteiger partial charge in [0.15, 0.2) is 6.61 Å². The van der Waals surface area contributed by atoms with E-state index in [1.165, 1.54) is 0 Å². The summed E-state index contributed by atoms with van der Waals surface area (Å²) in [5, 5.41) is 0.535. The van der Waals surface area contributed by atoms with Crippen molar-refractivity contribution in [2.75, 3.05) is 6.61 Å². The molecule has 98 valence electrons. The van der Waals surface area contributed by atoms with Crippen molar-refractivity contribution >= 4 is 17.5 Å². The number of hydrogen-bond donors (Lipinski definition) is 0.